The monoisotopic (exact) mass is 387 g/mol. The van der Waals surface area contributed by atoms with E-state index in [1.165, 1.54) is 0 Å². The molecule has 3 aromatic rings. The van der Waals surface area contributed by atoms with E-state index in [0.717, 1.165) is 5.69 Å². The molecule has 0 aliphatic heterocycles. The van der Waals surface area contributed by atoms with Crippen LogP contribution in [-0.4, -0.2) is 20.9 Å². The molecule has 2 heterocycles. The van der Waals surface area contributed by atoms with Gasteiger partial charge in [-0.3, -0.25) is 9.78 Å². The molecule has 0 unspecified atom stereocenters. The molecule has 0 atom stereocenters. The number of benzene rings is 1. The number of hydrogen-bond donors (Lipinski definition) is 2. The summed E-state index contributed by atoms with van der Waals surface area (Å²) in [7, 11) is 0. The lowest BCUT2D eigenvalue weighted by Gasteiger charge is -2.09. The first-order valence-electron chi connectivity index (χ1n) is 7.77. The minimum absolute atomic E-state index is 0.243. The first-order chi connectivity index (χ1) is 12.5. The Morgan fingerprint density at radius 2 is 1.92 bits per heavy atom. The highest BCUT2D eigenvalue weighted by molar-refractivity contribution is 6.42. The minimum Gasteiger partial charge on any atom is -0.364 e. The van der Waals surface area contributed by atoms with E-state index in [4.69, 9.17) is 23.2 Å². The lowest BCUT2D eigenvalue weighted by molar-refractivity contribution is 0.102. The standard InChI is InChI=1S/C18H15Cl2N5O/c1-11-23-16(18(26)25-12-5-6-14(19)15(20)8-12)9-17(24-11)22-10-13-4-2-3-7-21-13/h2-9H,10H2,1H3,(H,25,26)(H,22,23,24). The van der Waals surface area contributed by atoms with Crippen LogP contribution in [0.5, 0.6) is 0 Å². The van der Waals surface area contributed by atoms with Gasteiger partial charge in [0.2, 0.25) is 0 Å². The first-order valence-corrected chi connectivity index (χ1v) is 8.53. The Labute approximate surface area is 160 Å². The minimum atomic E-state index is -0.366. The molecule has 2 aromatic heterocycles. The third-order valence-corrected chi connectivity index (χ3v) is 4.16. The van der Waals surface area contributed by atoms with Gasteiger partial charge in [-0.1, -0.05) is 29.3 Å². The number of aryl methyl sites for hydroxylation is 1. The number of rotatable bonds is 5. The molecule has 0 saturated heterocycles. The summed E-state index contributed by atoms with van der Waals surface area (Å²) in [5.74, 6) is 0.660. The lowest BCUT2D eigenvalue weighted by atomic mass is 10.3. The van der Waals surface area contributed by atoms with Crippen LogP contribution in [0, 0.1) is 6.92 Å². The zero-order chi connectivity index (χ0) is 18.5. The molecule has 0 aliphatic carbocycles. The predicted molar refractivity (Wildman–Crippen MR) is 103 cm³/mol. The number of aromatic nitrogens is 3. The largest absolute Gasteiger partial charge is 0.364 e. The molecule has 1 amide bonds. The second-order valence-electron chi connectivity index (χ2n) is 5.44. The second kappa shape index (κ2) is 8.12. The Kier molecular flexibility index (Phi) is 5.65. The molecule has 0 spiro atoms. The Hall–Kier alpha value is -2.70. The van der Waals surface area contributed by atoms with Crippen LogP contribution in [0.3, 0.4) is 0 Å². The summed E-state index contributed by atoms with van der Waals surface area (Å²) in [5, 5.41) is 6.67. The fourth-order valence-corrected chi connectivity index (χ4v) is 2.53. The van der Waals surface area contributed by atoms with E-state index in [1.54, 1.807) is 37.4 Å². The van der Waals surface area contributed by atoms with Crippen molar-refractivity contribution in [1.29, 1.82) is 0 Å². The second-order valence-corrected chi connectivity index (χ2v) is 6.26. The molecule has 0 fully saturated rings. The van der Waals surface area contributed by atoms with Crippen molar-refractivity contribution >= 4 is 40.6 Å². The number of anilines is 2. The number of halogens is 2. The van der Waals surface area contributed by atoms with Crippen LogP contribution in [0.2, 0.25) is 10.0 Å². The molecule has 132 valence electrons. The average molecular weight is 388 g/mol. The summed E-state index contributed by atoms with van der Waals surface area (Å²) < 4.78 is 0. The zero-order valence-corrected chi connectivity index (χ0v) is 15.3. The average Bonchev–Trinajstić information content (AvgIpc) is 2.63. The van der Waals surface area contributed by atoms with Gasteiger partial charge in [0.05, 0.1) is 22.3 Å². The molecule has 2 N–H and O–H groups in total. The third kappa shape index (κ3) is 4.68. The summed E-state index contributed by atoms with van der Waals surface area (Å²) in [6, 6.07) is 12.1. The Balaban J connectivity index is 1.73. The Morgan fingerprint density at radius 3 is 2.65 bits per heavy atom. The maximum atomic E-state index is 12.5. The third-order valence-electron chi connectivity index (χ3n) is 3.42. The highest BCUT2D eigenvalue weighted by Crippen LogP contribution is 2.25. The maximum absolute atomic E-state index is 12.5. The maximum Gasteiger partial charge on any atom is 0.274 e. The highest BCUT2D eigenvalue weighted by atomic mass is 35.5. The van der Waals surface area contributed by atoms with Crippen LogP contribution in [0.15, 0.2) is 48.7 Å². The van der Waals surface area contributed by atoms with Gasteiger partial charge >= 0.3 is 0 Å². The molecular formula is C18H15Cl2N5O. The van der Waals surface area contributed by atoms with E-state index in [9.17, 15) is 4.79 Å². The summed E-state index contributed by atoms with van der Waals surface area (Å²) >= 11 is 11.9. The molecule has 3 rings (SSSR count). The topological polar surface area (TPSA) is 79.8 Å². The van der Waals surface area contributed by atoms with E-state index in [1.807, 2.05) is 18.2 Å². The smallest absolute Gasteiger partial charge is 0.274 e. The number of pyridine rings is 1. The van der Waals surface area contributed by atoms with Crippen molar-refractivity contribution in [3.63, 3.8) is 0 Å². The van der Waals surface area contributed by atoms with Crippen molar-refractivity contribution in [3.8, 4) is 0 Å². The predicted octanol–water partition coefficient (Wildman–Crippen LogP) is 4.35. The number of nitrogens with one attached hydrogen (secondary N) is 2. The number of carbonyl (C=O) groups excluding carboxylic acids is 1. The van der Waals surface area contributed by atoms with Gasteiger partial charge in [0.25, 0.3) is 5.91 Å². The summed E-state index contributed by atoms with van der Waals surface area (Å²) in [5.41, 5.74) is 1.64. The number of amides is 1. The van der Waals surface area contributed by atoms with Crippen LogP contribution < -0.4 is 10.6 Å². The van der Waals surface area contributed by atoms with Gasteiger partial charge in [0, 0.05) is 18.0 Å². The molecule has 6 nitrogen and oxygen atoms in total. The van der Waals surface area contributed by atoms with Crippen molar-refractivity contribution in [2.24, 2.45) is 0 Å². The van der Waals surface area contributed by atoms with E-state index in [0.29, 0.717) is 33.9 Å². The first kappa shape index (κ1) is 18.1. The van der Waals surface area contributed by atoms with Gasteiger partial charge in [-0.15, -0.1) is 0 Å². The van der Waals surface area contributed by atoms with Gasteiger partial charge in [0.1, 0.15) is 17.3 Å². The van der Waals surface area contributed by atoms with Crippen molar-refractivity contribution in [2.75, 3.05) is 10.6 Å². The number of carbonyl (C=O) groups is 1. The number of nitrogens with zero attached hydrogens (tertiary/aromatic N) is 3. The van der Waals surface area contributed by atoms with E-state index in [2.05, 4.69) is 25.6 Å². The SMILES string of the molecule is Cc1nc(NCc2ccccn2)cc(C(=O)Nc2ccc(Cl)c(Cl)c2)n1. The van der Waals surface area contributed by atoms with Crippen LogP contribution in [0.1, 0.15) is 22.0 Å². The van der Waals surface area contributed by atoms with Crippen LogP contribution >= 0.6 is 23.2 Å². The summed E-state index contributed by atoms with van der Waals surface area (Å²) in [6.07, 6.45) is 1.72. The van der Waals surface area contributed by atoms with Crippen molar-refractivity contribution in [2.45, 2.75) is 13.5 Å². The van der Waals surface area contributed by atoms with Crippen molar-refractivity contribution < 1.29 is 4.79 Å². The fraction of sp³-hybridized carbons (Fsp3) is 0.111. The summed E-state index contributed by atoms with van der Waals surface area (Å²) in [4.78, 5) is 25.2. The molecular weight excluding hydrogens is 373 g/mol. The van der Waals surface area contributed by atoms with Crippen molar-refractivity contribution in [1.82, 2.24) is 15.0 Å². The zero-order valence-electron chi connectivity index (χ0n) is 13.8. The Bertz CT molecular complexity index is 934. The van der Waals surface area contributed by atoms with Crippen molar-refractivity contribution in [3.05, 3.63) is 75.9 Å². The molecule has 8 heteroatoms. The molecule has 0 saturated carbocycles. The highest BCUT2D eigenvalue weighted by Gasteiger charge is 2.12. The van der Waals surface area contributed by atoms with Gasteiger partial charge < -0.3 is 10.6 Å². The molecule has 0 bridgehead atoms. The molecule has 1 aromatic carbocycles. The quantitative estimate of drug-likeness (QED) is 0.679. The van der Waals surface area contributed by atoms with E-state index in [-0.39, 0.29) is 11.6 Å². The lowest BCUT2D eigenvalue weighted by Crippen LogP contribution is -2.16. The number of hydrogen-bond acceptors (Lipinski definition) is 5. The van der Waals surface area contributed by atoms with E-state index < -0.39 is 0 Å². The normalized spacial score (nSPS) is 10.4. The van der Waals surface area contributed by atoms with Gasteiger partial charge in [-0.2, -0.15) is 0 Å². The van der Waals surface area contributed by atoms with Gasteiger partial charge in [-0.05, 0) is 37.3 Å². The molecule has 26 heavy (non-hydrogen) atoms. The molecule has 0 aliphatic rings. The van der Waals surface area contributed by atoms with Crippen LogP contribution in [-0.2, 0) is 6.54 Å². The van der Waals surface area contributed by atoms with E-state index >= 15 is 0 Å². The fourth-order valence-electron chi connectivity index (χ4n) is 2.23. The molecule has 0 radical (unpaired) electrons. The van der Waals surface area contributed by atoms with Crippen LogP contribution in [0.25, 0.3) is 0 Å². The Morgan fingerprint density at radius 1 is 1.08 bits per heavy atom. The van der Waals surface area contributed by atoms with Gasteiger partial charge in [0.15, 0.2) is 0 Å². The van der Waals surface area contributed by atoms with Crippen LogP contribution in [0.4, 0.5) is 11.5 Å². The summed E-state index contributed by atoms with van der Waals surface area (Å²) in [6.45, 7) is 2.22. The van der Waals surface area contributed by atoms with Gasteiger partial charge in [-0.25, -0.2) is 9.97 Å².